The molecule has 0 bridgehead atoms. The molecule has 5 heteroatoms. The van der Waals surface area contributed by atoms with Crippen molar-refractivity contribution in [2.24, 2.45) is 0 Å². The fraction of sp³-hybridized carbons (Fsp3) is 0.208. The van der Waals surface area contributed by atoms with Crippen molar-refractivity contribution in [2.45, 2.75) is 26.2 Å². The molecular formula is C24H23N3OS. The lowest BCUT2D eigenvalue weighted by molar-refractivity contribution is 0.400. The van der Waals surface area contributed by atoms with Gasteiger partial charge in [-0.25, -0.2) is 15.0 Å². The van der Waals surface area contributed by atoms with Gasteiger partial charge < -0.3 is 4.74 Å². The average Bonchev–Trinajstić information content (AvgIpc) is 3.17. The molecule has 0 atom stereocenters. The molecule has 0 saturated carbocycles. The Balaban J connectivity index is 1.49. The molecule has 0 unspecified atom stereocenters. The van der Waals surface area contributed by atoms with Crippen molar-refractivity contribution in [1.29, 1.82) is 0 Å². The highest BCUT2D eigenvalue weighted by molar-refractivity contribution is 7.09. The van der Waals surface area contributed by atoms with Gasteiger partial charge in [0.05, 0.1) is 28.8 Å². The molecule has 0 amide bonds. The van der Waals surface area contributed by atoms with Crippen LogP contribution in [0.4, 0.5) is 0 Å². The molecule has 146 valence electrons. The number of methoxy groups -OCH3 is 1. The second-order valence-electron chi connectivity index (χ2n) is 6.85. The van der Waals surface area contributed by atoms with Gasteiger partial charge in [-0.3, -0.25) is 0 Å². The van der Waals surface area contributed by atoms with Crippen LogP contribution in [0.15, 0.2) is 60.0 Å². The van der Waals surface area contributed by atoms with Gasteiger partial charge in [0.15, 0.2) is 0 Å². The van der Waals surface area contributed by atoms with Gasteiger partial charge in [0.1, 0.15) is 5.69 Å². The predicted molar refractivity (Wildman–Crippen MR) is 120 cm³/mol. The fourth-order valence-corrected chi connectivity index (χ4v) is 3.89. The van der Waals surface area contributed by atoms with E-state index in [9.17, 15) is 0 Å². The third-order valence-electron chi connectivity index (χ3n) is 4.67. The number of fused-ring (bicyclic) bond motifs is 1. The summed E-state index contributed by atoms with van der Waals surface area (Å²) in [6, 6.07) is 16.2. The van der Waals surface area contributed by atoms with Gasteiger partial charge in [-0.1, -0.05) is 42.5 Å². The number of hydrogen-bond acceptors (Lipinski definition) is 5. The highest BCUT2D eigenvalue weighted by Crippen LogP contribution is 2.29. The Morgan fingerprint density at radius 2 is 1.83 bits per heavy atom. The van der Waals surface area contributed by atoms with Crippen molar-refractivity contribution in [3.63, 3.8) is 0 Å². The van der Waals surface area contributed by atoms with Crippen molar-refractivity contribution in [3.05, 3.63) is 76.3 Å². The quantitative estimate of drug-likeness (QED) is 0.351. The summed E-state index contributed by atoms with van der Waals surface area (Å²) >= 11 is 1.72. The number of aryl methyl sites for hydroxylation is 2. The number of hydrogen-bond donors (Lipinski definition) is 0. The number of allylic oxidation sites excluding steroid dienone is 1. The lowest BCUT2D eigenvalue weighted by Gasteiger charge is -2.09. The topological polar surface area (TPSA) is 47.9 Å². The summed E-state index contributed by atoms with van der Waals surface area (Å²) in [7, 11) is 1.63. The summed E-state index contributed by atoms with van der Waals surface area (Å²) < 4.78 is 5.51. The number of rotatable bonds is 7. The van der Waals surface area contributed by atoms with Crippen molar-refractivity contribution >= 4 is 28.4 Å². The molecule has 2 aromatic carbocycles. The third kappa shape index (κ3) is 4.69. The zero-order chi connectivity index (χ0) is 20.1. The van der Waals surface area contributed by atoms with E-state index in [1.54, 1.807) is 18.4 Å². The van der Waals surface area contributed by atoms with Gasteiger partial charge in [0.25, 0.3) is 0 Å². The molecule has 0 saturated heterocycles. The van der Waals surface area contributed by atoms with Crippen LogP contribution in [0, 0.1) is 6.92 Å². The van der Waals surface area contributed by atoms with Gasteiger partial charge in [-0.15, -0.1) is 11.3 Å². The van der Waals surface area contributed by atoms with E-state index in [2.05, 4.69) is 46.6 Å². The van der Waals surface area contributed by atoms with Crippen LogP contribution in [0.5, 0.6) is 5.88 Å². The van der Waals surface area contributed by atoms with Crippen LogP contribution in [-0.4, -0.2) is 22.1 Å². The van der Waals surface area contributed by atoms with Gasteiger partial charge in [-0.05, 0) is 49.9 Å². The van der Waals surface area contributed by atoms with E-state index in [-0.39, 0.29) is 0 Å². The zero-order valence-corrected chi connectivity index (χ0v) is 17.4. The number of thiazole rings is 1. The minimum atomic E-state index is 0.545. The molecule has 4 aromatic rings. The summed E-state index contributed by atoms with van der Waals surface area (Å²) in [4.78, 5) is 13.9. The molecule has 4 nitrogen and oxygen atoms in total. The molecule has 0 spiro atoms. The third-order valence-corrected chi connectivity index (χ3v) is 5.49. The Hall–Kier alpha value is -3.05. The van der Waals surface area contributed by atoms with Gasteiger partial charge in [-0.2, -0.15) is 0 Å². The maximum atomic E-state index is 5.51. The maximum absolute atomic E-state index is 5.51. The Labute approximate surface area is 175 Å². The largest absolute Gasteiger partial charge is 0.479 e. The standard InChI is InChI=1S/C24H23N3OS/c1-17-25-20(16-29-17)12-5-3-4-9-18-10-8-11-19(15-18)23-24(28-2)27-22-14-7-6-13-21(22)26-23/h4,6-11,13-16H,3,5,12H2,1-2H3/b9-4+. The minimum absolute atomic E-state index is 0.545. The number of nitrogens with zero attached hydrogens (tertiary/aromatic N) is 3. The first-order valence-electron chi connectivity index (χ1n) is 9.72. The number of unbranched alkanes of at least 4 members (excludes halogenated alkanes) is 1. The van der Waals surface area contributed by atoms with Crippen molar-refractivity contribution in [2.75, 3.05) is 7.11 Å². The van der Waals surface area contributed by atoms with Crippen LogP contribution in [0.2, 0.25) is 0 Å². The van der Waals surface area contributed by atoms with Crippen LogP contribution in [0.3, 0.4) is 0 Å². The van der Waals surface area contributed by atoms with Gasteiger partial charge in [0.2, 0.25) is 5.88 Å². The van der Waals surface area contributed by atoms with Crippen molar-refractivity contribution < 1.29 is 4.74 Å². The van der Waals surface area contributed by atoms with Crippen LogP contribution < -0.4 is 4.74 Å². The van der Waals surface area contributed by atoms with Crippen LogP contribution in [0.1, 0.15) is 29.1 Å². The Morgan fingerprint density at radius 3 is 2.59 bits per heavy atom. The molecule has 0 fully saturated rings. The Bertz CT molecular complexity index is 1150. The lowest BCUT2D eigenvalue weighted by atomic mass is 10.1. The molecule has 29 heavy (non-hydrogen) atoms. The highest BCUT2D eigenvalue weighted by Gasteiger charge is 2.11. The predicted octanol–water partition coefficient (Wildman–Crippen LogP) is 6.11. The minimum Gasteiger partial charge on any atom is -0.479 e. The van der Waals surface area contributed by atoms with E-state index in [1.165, 1.54) is 5.69 Å². The zero-order valence-electron chi connectivity index (χ0n) is 16.6. The average molecular weight is 402 g/mol. The Kier molecular flexibility index (Phi) is 5.96. The highest BCUT2D eigenvalue weighted by atomic mass is 32.1. The summed E-state index contributed by atoms with van der Waals surface area (Å²) in [6.07, 6.45) is 7.54. The first kappa shape index (κ1) is 19.3. The number of ether oxygens (including phenoxy) is 1. The fourth-order valence-electron chi connectivity index (χ4n) is 3.25. The first-order chi connectivity index (χ1) is 14.2. The van der Waals surface area contributed by atoms with Crippen LogP contribution in [0.25, 0.3) is 28.4 Å². The molecule has 2 heterocycles. The summed E-state index contributed by atoms with van der Waals surface area (Å²) in [5, 5.41) is 3.29. The van der Waals surface area contributed by atoms with Gasteiger partial charge >= 0.3 is 0 Å². The first-order valence-corrected chi connectivity index (χ1v) is 10.6. The normalized spacial score (nSPS) is 11.4. The molecule has 0 radical (unpaired) electrons. The number of benzene rings is 2. The molecule has 0 N–H and O–H groups in total. The van der Waals surface area contributed by atoms with Gasteiger partial charge in [0, 0.05) is 10.9 Å². The van der Waals surface area contributed by atoms with Crippen molar-refractivity contribution in [3.8, 4) is 17.1 Å². The van der Waals surface area contributed by atoms with E-state index < -0.39 is 0 Å². The molecule has 2 aromatic heterocycles. The summed E-state index contributed by atoms with van der Waals surface area (Å²) in [6.45, 7) is 2.05. The van der Waals surface area contributed by atoms with E-state index in [0.717, 1.165) is 52.1 Å². The number of aromatic nitrogens is 3. The number of para-hydroxylation sites is 2. The molecular weight excluding hydrogens is 378 g/mol. The van der Waals surface area contributed by atoms with E-state index in [1.807, 2.05) is 36.4 Å². The second kappa shape index (κ2) is 8.97. The monoisotopic (exact) mass is 401 g/mol. The van der Waals surface area contributed by atoms with E-state index in [0.29, 0.717) is 5.88 Å². The Morgan fingerprint density at radius 1 is 1.00 bits per heavy atom. The molecule has 0 aliphatic rings. The smallest absolute Gasteiger partial charge is 0.240 e. The van der Waals surface area contributed by atoms with Crippen LogP contribution in [-0.2, 0) is 6.42 Å². The molecule has 0 aliphatic heterocycles. The van der Waals surface area contributed by atoms with E-state index in [4.69, 9.17) is 9.72 Å². The SMILES string of the molecule is COc1nc2ccccc2nc1-c1cccc(/C=C/CCCc2csc(C)n2)c1. The summed E-state index contributed by atoms with van der Waals surface area (Å²) in [5.74, 6) is 0.545. The maximum Gasteiger partial charge on any atom is 0.240 e. The summed E-state index contributed by atoms with van der Waals surface area (Å²) in [5.41, 5.74) is 5.80. The molecule has 0 aliphatic carbocycles. The lowest BCUT2D eigenvalue weighted by Crippen LogP contribution is -1.96. The molecule has 4 rings (SSSR count). The van der Waals surface area contributed by atoms with E-state index >= 15 is 0 Å². The second-order valence-corrected chi connectivity index (χ2v) is 7.91. The van der Waals surface area contributed by atoms with Crippen LogP contribution >= 0.6 is 11.3 Å². The van der Waals surface area contributed by atoms with Crippen molar-refractivity contribution in [1.82, 2.24) is 15.0 Å².